The summed E-state index contributed by atoms with van der Waals surface area (Å²) < 4.78 is 0. The van der Waals surface area contributed by atoms with Gasteiger partial charge in [0.1, 0.15) is 0 Å². The highest BCUT2D eigenvalue weighted by atomic mass is 14.8. The fraction of sp³-hybridized carbons (Fsp3) is 0.385. The van der Waals surface area contributed by atoms with Crippen LogP contribution in [0.2, 0.25) is 0 Å². The molecule has 0 fully saturated rings. The van der Waals surface area contributed by atoms with Gasteiger partial charge >= 0.3 is 0 Å². The molecule has 0 atom stereocenters. The summed E-state index contributed by atoms with van der Waals surface area (Å²) >= 11 is 0. The Morgan fingerprint density at radius 3 is 2.22 bits per heavy atom. The molecule has 1 N–H and O–H groups in total. The van der Waals surface area contributed by atoms with Crippen molar-refractivity contribution in [3.05, 3.63) is 90.6 Å². The Bertz CT molecular complexity index is 588. The summed E-state index contributed by atoms with van der Waals surface area (Å²) in [5, 5.41) is 3.48. The highest BCUT2D eigenvalue weighted by Gasteiger charge is 2.06. The van der Waals surface area contributed by atoms with Crippen LogP contribution in [-0.2, 0) is 6.54 Å². The molecule has 0 aromatic heterocycles. The van der Waals surface area contributed by atoms with Gasteiger partial charge in [-0.05, 0) is 35.1 Å². The van der Waals surface area contributed by atoms with Crippen molar-refractivity contribution in [2.24, 2.45) is 0 Å². The molecular weight excluding hydrogens is 326 g/mol. The van der Waals surface area contributed by atoms with Crippen molar-refractivity contribution in [2.45, 2.75) is 60.9 Å². The maximum atomic E-state index is 3.82. The minimum absolute atomic E-state index is 0.804. The monoisotopic (exact) mass is 367 g/mol. The molecule has 0 heterocycles. The normalized spacial score (nSPS) is 12.1. The predicted octanol–water partition coefficient (Wildman–Crippen LogP) is 7.89. The SMILES string of the molecule is C=C/C=C(\C=C)CNCc1ccccc1C1=CCCC=C1.CC.CC.CC. The van der Waals surface area contributed by atoms with Crippen LogP contribution >= 0.6 is 0 Å². The highest BCUT2D eigenvalue weighted by molar-refractivity contribution is 5.76. The van der Waals surface area contributed by atoms with E-state index in [0.717, 1.165) is 31.5 Å². The zero-order valence-electron chi connectivity index (χ0n) is 18.5. The smallest absolute Gasteiger partial charge is 0.0214 e. The highest BCUT2D eigenvalue weighted by Crippen LogP contribution is 2.24. The second-order valence-electron chi connectivity index (χ2n) is 5.08. The van der Waals surface area contributed by atoms with Gasteiger partial charge in [-0.25, -0.2) is 0 Å². The molecule has 0 radical (unpaired) electrons. The predicted molar refractivity (Wildman–Crippen MR) is 127 cm³/mol. The summed E-state index contributed by atoms with van der Waals surface area (Å²) in [4.78, 5) is 0. The van der Waals surface area contributed by atoms with E-state index < -0.39 is 0 Å². The van der Waals surface area contributed by atoms with Crippen LogP contribution in [0, 0.1) is 0 Å². The molecule has 0 unspecified atom stereocenters. The zero-order chi connectivity index (χ0) is 20.9. The van der Waals surface area contributed by atoms with E-state index in [1.807, 2.05) is 53.7 Å². The molecule has 27 heavy (non-hydrogen) atoms. The Kier molecular flexibility index (Phi) is 20.3. The number of hydrogen-bond donors (Lipinski definition) is 1. The van der Waals surface area contributed by atoms with Crippen LogP contribution in [0.1, 0.15) is 65.5 Å². The molecule has 2 rings (SSSR count). The summed E-state index contributed by atoms with van der Waals surface area (Å²) in [7, 11) is 0. The van der Waals surface area contributed by atoms with Crippen LogP contribution < -0.4 is 5.32 Å². The third kappa shape index (κ3) is 11.2. The van der Waals surface area contributed by atoms with Crippen molar-refractivity contribution in [1.82, 2.24) is 5.32 Å². The molecule has 0 saturated heterocycles. The summed E-state index contributed by atoms with van der Waals surface area (Å²) in [5.74, 6) is 0. The van der Waals surface area contributed by atoms with Gasteiger partial charge in [0.25, 0.3) is 0 Å². The van der Waals surface area contributed by atoms with E-state index in [1.165, 1.54) is 16.7 Å². The first-order chi connectivity index (χ1) is 13.3. The fourth-order valence-electron chi connectivity index (χ4n) is 2.46. The molecule has 1 aromatic carbocycles. The van der Waals surface area contributed by atoms with Gasteiger partial charge in [0.2, 0.25) is 0 Å². The van der Waals surface area contributed by atoms with Gasteiger partial charge in [-0.15, -0.1) is 0 Å². The average Bonchev–Trinajstić information content (AvgIpc) is 2.78. The first-order valence-corrected chi connectivity index (χ1v) is 10.4. The van der Waals surface area contributed by atoms with E-state index >= 15 is 0 Å². The van der Waals surface area contributed by atoms with Crippen LogP contribution in [0.15, 0.2) is 79.5 Å². The van der Waals surface area contributed by atoms with Gasteiger partial charge in [-0.3, -0.25) is 0 Å². The van der Waals surface area contributed by atoms with Crippen molar-refractivity contribution >= 4 is 5.57 Å². The minimum atomic E-state index is 0.804. The summed E-state index contributed by atoms with van der Waals surface area (Å²) in [5.41, 5.74) is 5.15. The topological polar surface area (TPSA) is 12.0 Å². The first kappa shape index (κ1) is 27.1. The molecule has 150 valence electrons. The standard InChI is InChI=1S/C20H23N.3C2H6/c1-3-10-17(4-2)15-21-16-19-13-8-9-14-20(19)18-11-6-5-7-12-18;3*1-2/h3-4,6,8-14,21H,1-2,5,7,15-16H2;3*1-2H3/b17-10+;;;. The average molecular weight is 368 g/mol. The second kappa shape index (κ2) is 20.2. The first-order valence-electron chi connectivity index (χ1n) is 10.4. The Balaban J connectivity index is 0. The van der Waals surface area contributed by atoms with E-state index in [0.29, 0.717) is 0 Å². The lowest BCUT2D eigenvalue weighted by Gasteiger charge is -2.13. The lowest BCUT2D eigenvalue weighted by molar-refractivity contribution is 0.746. The molecule has 0 bridgehead atoms. The van der Waals surface area contributed by atoms with Crippen molar-refractivity contribution in [3.63, 3.8) is 0 Å². The maximum Gasteiger partial charge on any atom is 0.0214 e. The summed E-state index contributed by atoms with van der Waals surface area (Å²) in [6.45, 7) is 21.2. The molecule has 1 heteroatoms. The maximum absolute atomic E-state index is 3.82. The van der Waals surface area contributed by atoms with Gasteiger partial charge in [0, 0.05) is 13.1 Å². The summed E-state index contributed by atoms with van der Waals surface area (Å²) in [6.07, 6.45) is 14.7. The number of allylic oxidation sites excluding steroid dienone is 6. The molecular formula is C26H41N. The Hall–Kier alpha value is -2.12. The van der Waals surface area contributed by atoms with Crippen molar-refractivity contribution in [2.75, 3.05) is 6.54 Å². The van der Waals surface area contributed by atoms with E-state index in [-0.39, 0.29) is 0 Å². The number of rotatable bonds is 7. The van der Waals surface area contributed by atoms with E-state index in [2.05, 4.69) is 61.0 Å². The van der Waals surface area contributed by atoms with Gasteiger partial charge < -0.3 is 5.32 Å². The van der Waals surface area contributed by atoms with Crippen molar-refractivity contribution in [1.29, 1.82) is 0 Å². The zero-order valence-corrected chi connectivity index (χ0v) is 18.5. The van der Waals surface area contributed by atoms with E-state index in [1.54, 1.807) is 6.08 Å². The van der Waals surface area contributed by atoms with E-state index in [9.17, 15) is 0 Å². The molecule has 1 aliphatic carbocycles. The van der Waals surface area contributed by atoms with Crippen LogP contribution in [0.3, 0.4) is 0 Å². The van der Waals surface area contributed by atoms with Crippen LogP contribution in [0.4, 0.5) is 0 Å². The molecule has 0 saturated carbocycles. The molecule has 1 nitrogen and oxygen atoms in total. The van der Waals surface area contributed by atoms with Crippen LogP contribution in [0.5, 0.6) is 0 Å². The molecule has 0 spiro atoms. The Morgan fingerprint density at radius 2 is 1.67 bits per heavy atom. The van der Waals surface area contributed by atoms with Crippen molar-refractivity contribution in [3.8, 4) is 0 Å². The van der Waals surface area contributed by atoms with Gasteiger partial charge in [-0.1, -0.05) is 115 Å². The van der Waals surface area contributed by atoms with Gasteiger partial charge in [-0.2, -0.15) is 0 Å². The number of hydrogen-bond acceptors (Lipinski definition) is 1. The second-order valence-corrected chi connectivity index (χ2v) is 5.08. The molecule has 0 aliphatic heterocycles. The van der Waals surface area contributed by atoms with Gasteiger partial charge in [0.05, 0.1) is 0 Å². The van der Waals surface area contributed by atoms with Crippen LogP contribution in [-0.4, -0.2) is 6.54 Å². The molecule has 1 aromatic rings. The largest absolute Gasteiger partial charge is 0.309 e. The molecule has 0 amide bonds. The Labute approximate surface area is 169 Å². The minimum Gasteiger partial charge on any atom is -0.309 e. The molecule has 1 aliphatic rings. The summed E-state index contributed by atoms with van der Waals surface area (Å²) in [6, 6.07) is 8.60. The number of nitrogens with one attached hydrogen (secondary N) is 1. The lowest BCUT2D eigenvalue weighted by atomic mass is 9.95. The third-order valence-corrected chi connectivity index (χ3v) is 3.56. The van der Waals surface area contributed by atoms with Crippen molar-refractivity contribution < 1.29 is 0 Å². The number of benzene rings is 1. The quantitative estimate of drug-likeness (QED) is 0.483. The van der Waals surface area contributed by atoms with Crippen LogP contribution in [0.25, 0.3) is 5.57 Å². The fourth-order valence-corrected chi connectivity index (χ4v) is 2.46. The third-order valence-electron chi connectivity index (χ3n) is 3.56. The Morgan fingerprint density at radius 1 is 1.00 bits per heavy atom. The van der Waals surface area contributed by atoms with E-state index in [4.69, 9.17) is 0 Å². The lowest BCUT2D eigenvalue weighted by Crippen LogP contribution is -2.16. The van der Waals surface area contributed by atoms with Gasteiger partial charge in [0.15, 0.2) is 0 Å².